The predicted octanol–water partition coefficient (Wildman–Crippen LogP) is 3.41. The molecule has 0 unspecified atom stereocenters. The van der Waals surface area contributed by atoms with Gasteiger partial charge >= 0.3 is 6.18 Å². The van der Waals surface area contributed by atoms with Gasteiger partial charge in [-0.1, -0.05) is 29.8 Å². The Labute approximate surface area is 142 Å². The van der Waals surface area contributed by atoms with Crippen molar-refractivity contribution in [3.8, 4) is 0 Å². The summed E-state index contributed by atoms with van der Waals surface area (Å²) in [5.74, 6) is 0.746. The molecule has 0 N–H and O–H groups in total. The number of rotatable bonds is 2. The highest BCUT2D eigenvalue weighted by atomic mass is 19.4. The first-order valence-corrected chi connectivity index (χ1v) is 7.95. The molecule has 0 fully saturated rings. The van der Waals surface area contributed by atoms with Gasteiger partial charge in [-0.2, -0.15) is 27.8 Å². The van der Waals surface area contributed by atoms with E-state index in [1.807, 2.05) is 6.92 Å². The van der Waals surface area contributed by atoms with Crippen molar-refractivity contribution in [2.75, 3.05) is 11.4 Å². The SMILES string of the molecule is Cc1ccc([C@@H](N2CCc3c(C)nc4ncnn4c32)C(F)(F)F)cc1. The molecule has 0 bridgehead atoms. The lowest BCUT2D eigenvalue weighted by Crippen LogP contribution is -2.38. The molecule has 1 aliphatic heterocycles. The van der Waals surface area contributed by atoms with E-state index in [1.165, 1.54) is 27.9 Å². The summed E-state index contributed by atoms with van der Waals surface area (Å²) in [6.07, 6.45) is -2.60. The Morgan fingerprint density at radius 1 is 1.12 bits per heavy atom. The van der Waals surface area contributed by atoms with Gasteiger partial charge in [-0.15, -0.1) is 0 Å². The third kappa shape index (κ3) is 2.52. The lowest BCUT2D eigenvalue weighted by Gasteiger charge is -2.32. The summed E-state index contributed by atoms with van der Waals surface area (Å²) >= 11 is 0. The van der Waals surface area contributed by atoms with Crippen LogP contribution in [0.4, 0.5) is 19.0 Å². The smallest absolute Gasteiger partial charge is 0.340 e. The molecule has 3 aromatic rings. The van der Waals surface area contributed by atoms with E-state index < -0.39 is 12.2 Å². The lowest BCUT2D eigenvalue weighted by atomic mass is 10.0. The van der Waals surface area contributed by atoms with E-state index in [4.69, 9.17) is 0 Å². The molecule has 0 radical (unpaired) electrons. The van der Waals surface area contributed by atoms with Crippen LogP contribution in [-0.4, -0.2) is 32.3 Å². The largest absolute Gasteiger partial charge is 0.413 e. The van der Waals surface area contributed by atoms with Crippen molar-refractivity contribution in [2.24, 2.45) is 0 Å². The second-order valence-electron chi connectivity index (χ2n) is 6.27. The van der Waals surface area contributed by atoms with Crippen LogP contribution in [0.15, 0.2) is 30.6 Å². The average molecular weight is 347 g/mol. The molecule has 0 saturated carbocycles. The van der Waals surface area contributed by atoms with Gasteiger partial charge in [0.05, 0.1) is 0 Å². The Morgan fingerprint density at radius 2 is 1.84 bits per heavy atom. The fourth-order valence-electron chi connectivity index (χ4n) is 3.44. The first-order chi connectivity index (χ1) is 11.9. The third-order valence-electron chi connectivity index (χ3n) is 4.59. The van der Waals surface area contributed by atoms with Crippen molar-refractivity contribution in [1.29, 1.82) is 0 Å². The molecule has 3 heterocycles. The molecule has 0 spiro atoms. The molecule has 4 rings (SSSR count). The normalized spacial score (nSPS) is 15.6. The van der Waals surface area contributed by atoms with E-state index in [0.29, 0.717) is 23.7 Å². The Bertz CT molecular complexity index is 930. The van der Waals surface area contributed by atoms with Crippen LogP contribution >= 0.6 is 0 Å². The van der Waals surface area contributed by atoms with Gasteiger partial charge in [0.2, 0.25) is 0 Å². The van der Waals surface area contributed by atoms with E-state index in [9.17, 15) is 13.2 Å². The summed E-state index contributed by atoms with van der Waals surface area (Å²) in [5, 5.41) is 4.09. The molecule has 0 amide bonds. The minimum atomic E-state index is -4.42. The van der Waals surface area contributed by atoms with E-state index in [2.05, 4.69) is 15.1 Å². The molecular weight excluding hydrogens is 331 g/mol. The minimum Gasteiger partial charge on any atom is -0.340 e. The van der Waals surface area contributed by atoms with Gasteiger partial charge < -0.3 is 4.90 Å². The van der Waals surface area contributed by atoms with E-state index in [1.54, 1.807) is 19.1 Å². The molecule has 8 heteroatoms. The van der Waals surface area contributed by atoms with E-state index in [-0.39, 0.29) is 12.1 Å². The van der Waals surface area contributed by atoms with Crippen LogP contribution in [0.2, 0.25) is 0 Å². The van der Waals surface area contributed by atoms with Crippen LogP contribution in [0.3, 0.4) is 0 Å². The Morgan fingerprint density at radius 3 is 2.52 bits per heavy atom. The Hall–Kier alpha value is -2.64. The first-order valence-electron chi connectivity index (χ1n) is 7.95. The van der Waals surface area contributed by atoms with Crippen LogP contribution in [0.25, 0.3) is 5.78 Å². The van der Waals surface area contributed by atoms with Gasteiger partial charge in [-0.25, -0.2) is 4.98 Å². The van der Waals surface area contributed by atoms with Crippen molar-refractivity contribution in [1.82, 2.24) is 19.6 Å². The van der Waals surface area contributed by atoms with Gasteiger partial charge in [0.15, 0.2) is 6.04 Å². The summed E-state index contributed by atoms with van der Waals surface area (Å²) < 4.78 is 43.3. The highest BCUT2D eigenvalue weighted by Crippen LogP contribution is 2.44. The standard InChI is InChI=1S/C17H16F3N5/c1-10-3-5-12(6-4-10)14(17(18,19)20)24-8-7-13-11(2)23-16-21-9-22-25(16)15(13)24/h3-6,9,14H,7-8H2,1-2H3/t14-/m1/s1. The number of fused-ring (bicyclic) bond motifs is 3. The zero-order valence-corrected chi connectivity index (χ0v) is 13.7. The number of nitrogens with zero attached hydrogens (tertiary/aromatic N) is 5. The molecular formula is C17H16F3N5. The maximum absolute atomic E-state index is 14.0. The highest BCUT2D eigenvalue weighted by molar-refractivity contribution is 5.60. The van der Waals surface area contributed by atoms with E-state index >= 15 is 0 Å². The van der Waals surface area contributed by atoms with Crippen molar-refractivity contribution in [2.45, 2.75) is 32.5 Å². The summed E-state index contributed by atoms with van der Waals surface area (Å²) in [4.78, 5) is 9.73. The molecule has 1 aliphatic rings. The molecule has 0 saturated heterocycles. The zero-order valence-electron chi connectivity index (χ0n) is 13.7. The fourth-order valence-corrected chi connectivity index (χ4v) is 3.44. The van der Waals surface area contributed by atoms with Crippen LogP contribution in [0.5, 0.6) is 0 Å². The van der Waals surface area contributed by atoms with Crippen LogP contribution in [-0.2, 0) is 6.42 Å². The maximum atomic E-state index is 14.0. The number of hydrogen-bond donors (Lipinski definition) is 0. The van der Waals surface area contributed by atoms with Crippen molar-refractivity contribution in [3.63, 3.8) is 0 Å². The van der Waals surface area contributed by atoms with Crippen molar-refractivity contribution < 1.29 is 13.2 Å². The number of halogens is 3. The van der Waals surface area contributed by atoms with Gasteiger partial charge in [0, 0.05) is 17.8 Å². The molecule has 130 valence electrons. The van der Waals surface area contributed by atoms with Crippen LogP contribution < -0.4 is 4.90 Å². The summed E-state index contributed by atoms with van der Waals surface area (Å²) in [6, 6.07) is 4.75. The van der Waals surface area contributed by atoms with E-state index in [0.717, 1.165) is 11.1 Å². The topological polar surface area (TPSA) is 46.3 Å². The molecule has 25 heavy (non-hydrogen) atoms. The number of aromatic nitrogens is 4. The second kappa shape index (κ2) is 5.44. The molecule has 2 aromatic heterocycles. The molecule has 0 aliphatic carbocycles. The monoisotopic (exact) mass is 347 g/mol. The first kappa shape index (κ1) is 15.9. The Kier molecular flexibility index (Phi) is 3.45. The molecule has 1 aromatic carbocycles. The molecule has 5 nitrogen and oxygen atoms in total. The van der Waals surface area contributed by atoms with Gasteiger partial charge in [0.25, 0.3) is 5.78 Å². The molecule has 1 atom stereocenters. The van der Waals surface area contributed by atoms with Crippen molar-refractivity contribution >= 4 is 11.6 Å². The van der Waals surface area contributed by atoms with Gasteiger partial charge in [-0.05, 0) is 25.8 Å². The van der Waals surface area contributed by atoms with Crippen LogP contribution in [0.1, 0.15) is 28.4 Å². The third-order valence-corrected chi connectivity index (χ3v) is 4.59. The van der Waals surface area contributed by atoms with Crippen LogP contribution in [0, 0.1) is 13.8 Å². The number of benzene rings is 1. The lowest BCUT2D eigenvalue weighted by molar-refractivity contribution is -0.150. The zero-order chi connectivity index (χ0) is 17.8. The quantitative estimate of drug-likeness (QED) is 0.713. The van der Waals surface area contributed by atoms with Gasteiger partial charge in [0.1, 0.15) is 12.1 Å². The summed E-state index contributed by atoms with van der Waals surface area (Å²) in [6.45, 7) is 3.91. The summed E-state index contributed by atoms with van der Waals surface area (Å²) in [5.41, 5.74) is 2.63. The number of alkyl halides is 3. The Balaban J connectivity index is 1.90. The number of anilines is 1. The second-order valence-corrected chi connectivity index (χ2v) is 6.27. The number of hydrogen-bond acceptors (Lipinski definition) is 4. The minimum absolute atomic E-state index is 0.216. The van der Waals surface area contributed by atoms with Crippen molar-refractivity contribution in [3.05, 3.63) is 53.0 Å². The highest BCUT2D eigenvalue weighted by Gasteiger charge is 2.47. The predicted molar refractivity (Wildman–Crippen MR) is 86.5 cm³/mol. The number of aryl methyl sites for hydroxylation is 2. The fraction of sp³-hybridized carbons (Fsp3) is 0.353. The summed E-state index contributed by atoms with van der Waals surface area (Å²) in [7, 11) is 0. The van der Waals surface area contributed by atoms with Gasteiger partial charge in [-0.3, -0.25) is 0 Å². The maximum Gasteiger partial charge on any atom is 0.413 e. The average Bonchev–Trinajstić information content (AvgIpc) is 3.15.